The molecule has 2 aromatic heterocycles. The van der Waals surface area contributed by atoms with Crippen LogP contribution in [0.3, 0.4) is 0 Å². The molecule has 3 heterocycles. The van der Waals surface area contributed by atoms with E-state index < -0.39 is 0 Å². The lowest BCUT2D eigenvalue weighted by molar-refractivity contribution is -0.134. The molecule has 2 aromatic rings. The molecule has 1 saturated heterocycles. The number of carbonyl (C=O) groups excluding carboxylic acids is 1. The van der Waals surface area contributed by atoms with Crippen LogP contribution in [0.2, 0.25) is 0 Å². The second kappa shape index (κ2) is 5.60. The standard InChI is InChI=1S/C15H19N3O2S/c1-10-5-11(2)7-17(6-10)13(19)8-18-9-16-12-3-4-21-14(12)15(18)20/h3-4,9-11H,5-8H2,1-2H3/t10-,11+. The fourth-order valence-corrected chi connectivity index (χ4v) is 3.90. The Morgan fingerprint density at radius 1 is 1.38 bits per heavy atom. The minimum absolute atomic E-state index is 0.00760. The maximum Gasteiger partial charge on any atom is 0.271 e. The van der Waals surface area contributed by atoms with Gasteiger partial charge in [0.05, 0.1) is 11.8 Å². The smallest absolute Gasteiger partial charge is 0.271 e. The Labute approximate surface area is 127 Å². The lowest BCUT2D eigenvalue weighted by Crippen LogP contribution is -2.44. The van der Waals surface area contributed by atoms with Gasteiger partial charge in [0.15, 0.2) is 0 Å². The summed E-state index contributed by atoms with van der Waals surface area (Å²) in [5, 5.41) is 1.85. The number of hydrogen-bond acceptors (Lipinski definition) is 4. The van der Waals surface area contributed by atoms with Crippen molar-refractivity contribution in [2.45, 2.75) is 26.8 Å². The number of aromatic nitrogens is 2. The summed E-state index contributed by atoms with van der Waals surface area (Å²) in [4.78, 5) is 30.8. The Balaban J connectivity index is 1.80. The molecule has 0 radical (unpaired) electrons. The molecule has 0 unspecified atom stereocenters. The van der Waals surface area contributed by atoms with E-state index in [-0.39, 0.29) is 18.0 Å². The summed E-state index contributed by atoms with van der Waals surface area (Å²) in [6.45, 7) is 5.99. The fourth-order valence-electron chi connectivity index (χ4n) is 3.10. The first-order valence-electron chi connectivity index (χ1n) is 7.25. The van der Waals surface area contributed by atoms with E-state index in [9.17, 15) is 9.59 Å². The van der Waals surface area contributed by atoms with Crippen molar-refractivity contribution in [3.05, 3.63) is 28.1 Å². The van der Waals surface area contributed by atoms with Crippen LogP contribution in [0.1, 0.15) is 20.3 Å². The number of thiophene rings is 1. The van der Waals surface area contributed by atoms with Gasteiger partial charge in [-0.05, 0) is 29.7 Å². The van der Waals surface area contributed by atoms with Gasteiger partial charge < -0.3 is 4.90 Å². The number of amides is 1. The molecule has 6 heteroatoms. The highest BCUT2D eigenvalue weighted by atomic mass is 32.1. The average Bonchev–Trinajstić information content (AvgIpc) is 2.90. The molecular formula is C15H19N3O2S. The minimum Gasteiger partial charge on any atom is -0.341 e. The van der Waals surface area contributed by atoms with Gasteiger partial charge in [0.25, 0.3) is 5.56 Å². The third-order valence-corrected chi connectivity index (χ3v) is 4.85. The van der Waals surface area contributed by atoms with Crippen molar-refractivity contribution in [2.75, 3.05) is 13.1 Å². The Morgan fingerprint density at radius 2 is 2.10 bits per heavy atom. The van der Waals surface area contributed by atoms with Crippen molar-refractivity contribution < 1.29 is 4.79 Å². The maximum atomic E-state index is 12.4. The highest BCUT2D eigenvalue weighted by molar-refractivity contribution is 7.17. The molecule has 3 rings (SSSR count). The summed E-state index contributed by atoms with van der Waals surface area (Å²) in [7, 11) is 0. The molecule has 1 aliphatic rings. The van der Waals surface area contributed by atoms with Crippen LogP contribution in [0, 0.1) is 11.8 Å². The van der Waals surface area contributed by atoms with Gasteiger partial charge in [-0.1, -0.05) is 13.8 Å². The van der Waals surface area contributed by atoms with Gasteiger partial charge in [-0.15, -0.1) is 11.3 Å². The minimum atomic E-state index is -0.124. The molecule has 0 bridgehead atoms. The molecule has 1 amide bonds. The van der Waals surface area contributed by atoms with Crippen LogP contribution in [0.15, 0.2) is 22.6 Å². The molecular weight excluding hydrogens is 286 g/mol. The molecule has 5 nitrogen and oxygen atoms in total. The fraction of sp³-hybridized carbons (Fsp3) is 0.533. The van der Waals surface area contributed by atoms with E-state index in [0.717, 1.165) is 19.5 Å². The third kappa shape index (κ3) is 2.85. The second-order valence-electron chi connectivity index (χ2n) is 6.06. The zero-order valence-electron chi connectivity index (χ0n) is 12.3. The summed E-state index contributed by atoms with van der Waals surface area (Å²) in [6.07, 6.45) is 2.64. The first-order valence-corrected chi connectivity index (χ1v) is 8.13. The Bertz CT molecular complexity index is 711. The lowest BCUT2D eigenvalue weighted by atomic mass is 9.92. The Morgan fingerprint density at radius 3 is 2.81 bits per heavy atom. The van der Waals surface area contributed by atoms with Crippen LogP contribution in [0.25, 0.3) is 10.2 Å². The zero-order chi connectivity index (χ0) is 15.0. The SMILES string of the molecule is C[C@@H]1C[C@H](C)CN(C(=O)Cn2cnc3ccsc3c2=O)C1. The van der Waals surface area contributed by atoms with Gasteiger partial charge in [-0.2, -0.15) is 0 Å². The maximum absolute atomic E-state index is 12.4. The van der Waals surface area contributed by atoms with Crippen LogP contribution in [-0.4, -0.2) is 33.4 Å². The number of piperidine rings is 1. The highest BCUT2D eigenvalue weighted by Crippen LogP contribution is 2.21. The number of rotatable bonds is 2. The van der Waals surface area contributed by atoms with E-state index >= 15 is 0 Å². The van der Waals surface area contributed by atoms with Crippen molar-refractivity contribution in [1.29, 1.82) is 0 Å². The predicted octanol–water partition coefficient (Wildman–Crippen LogP) is 1.96. The van der Waals surface area contributed by atoms with Gasteiger partial charge in [0, 0.05) is 13.1 Å². The van der Waals surface area contributed by atoms with Gasteiger partial charge in [0.2, 0.25) is 5.91 Å². The van der Waals surface area contributed by atoms with E-state index in [0.29, 0.717) is 22.1 Å². The van der Waals surface area contributed by atoms with Crippen LogP contribution in [0.5, 0.6) is 0 Å². The van der Waals surface area contributed by atoms with Crippen molar-refractivity contribution in [3.63, 3.8) is 0 Å². The van der Waals surface area contributed by atoms with Gasteiger partial charge in [0.1, 0.15) is 11.2 Å². The van der Waals surface area contributed by atoms with E-state index in [4.69, 9.17) is 0 Å². The number of nitrogens with zero attached hydrogens (tertiary/aromatic N) is 3. The summed E-state index contributed by atoms with van der Waals surface area (Å²) in [6, 6.07) is 1.82. The topological polar surface area (TPSA) is 55.2 Å². The summed E-state index contributed by atoms with van der Waals surface area (Å²) >= 11 is 1.37. The largest absolute Gasteiger partial charge is 0.341 e. The van der Waals surface area contributed by atoms with Crippen molar-refractivity contribution >= 4 is 27.5 Å². The van der Waals surface area contributed by atoms with E-state index in [1.165, 1.54) is 22.2 Å². The molecule has 0 N–H and O–H groups in total. The summed E-state index contributed by atoms with van der Waals surface area (Å²) in [5.41, 5.74) is 0.579. The molecule has 0 aliphatic carbocycles. The molecule has 0 aromatic carbocycles. The van der Waals surface area contributed by atoms with E-state index in [2.05, 4.69) is 18.8 Å². The predicted molar refractivity (Wildman–Crippen MR) is 83.4 cm³/mol. The molecule has 1 fully saturated rings. The Hall–Kier alpha value is -1.69. The first kappa shape index (κ1) is 14.3. The molecule has 21 heavy (non-hydrogen) atoms. The van der Waals surface area contributed by atoms with Gasteiger partial charge in [-0.3, -0.25) is 14.2 Å². The van der Waals surface area contributed by atoms with E-state index in [1.807, 2.05) is 16.3 Å². The molecule has 112 valence electrons. The Kier molecular flexibility index (Phi) is 3.80. The van der Waals surface area contributed by atoms with Crippen LogP contribution < -0.4 is 5.56 Å². The quantitative estimate of drug-likeness (QED) is 0.852. The number of fused-ring (bicyclic) bond motifs is 1. The third-order valence-electron chi connectivity index (χ3n) is 3.96. The van der Waals surface area contributed by atoms with Crippen molar-refractivity contribution in [2.24, 2.45) is 11.8 Å². The second-order valence-corrected chi connectivity index (χ2v) is 6.97. The van der Waals surface area contributed by atoms with Crippen LogP contribution >= 0.6 is 11.3 Å². The number of hydrogen-bond donors (Lipinski definition) is 0. The molecule has 0 saturated carbocycles. The monoisotopic (exact) mass is 305 g/mol. The zero-order valence-corrected chi connectivity index (χ0v) is 13.1. The van der Waals surface area contributed by atoms with Crippen LogP contribution in [-0.2, 0) is 11.3 Å². The first-order chi connectivity index (χ1) is 10.0. The van der Waals surface area contributed by atoms with Crippen LogP contribution in [0.4, 0.5) is 0 Å². The molecule has 1 aliphatic heterocycles. The van der Waals surface area contributed by atoms with Gasteiger partial charge >= 0.3 is 0 Å². The van der Waals surface area contributed by atoms with Crippen molar-refractivity contribution in [3.8, 4) is 0 Å². The number of carbonyl (C=O) groups is 1. The highest BCUT2D eigenvalue weighted by Gasteiger charge is 2.25. The number of likely N-dealkylation sites (tertiary alicyclic amines) is 1. The van der Waals surface area contributed by atoms with Gasteiger partial charge in [-0.25, -0.2) is 4.98 Å². The van der Waals surface area contributed by atoms with Crippen molar-refractivity contribution in [1.82, 2.24) is 14.5 Å². The summed E-state index contributed by atoms with van der Waals surface area (Å²) < 4.78 is 2.04. The summed E-state index contributed by atoms with van der Waals surface area (Å²) in [5.74, 6) is 1.05. The lowest BCUT2D eigenvalue weighted by Gasteiger charge is -2.35. The average molecular weight is 305 g/mol. The normalized spacial score (nSPS) is 22.7. The molecule has 2 atom stereocenters. The van der Waals surface area contributed by atoms with E-state index in [1.54, 1.807) is 0 Å². The molecule has 0 spiro atoms.